The number of fused-ring (bicyclic) bond motifs is 1. The van der Waals surface area contributed by atoms with E-state index in [1.54, 1.807) is 24.3 Å². The van der Waals surface area contributed by atoms with Crippen LogP contribution in [0.25, 0.3) is 22.3 Å². The normalized spacial score (nSPS) is 34.9. The van der Waals surface area contributed by atoms with Gasteiger partial charge in [0.2, 0.25) is 0 Å². The minimum Gasteiger partial charge on any atom is -0.507 e. The zero-order valence-electron chi connectivity index (χ0n) is 22.0. The fraction of sp³-hybridized carbons (Fsp3) is 0.464. The number of rotatable bonds is 5. The van der Waals surface area contributed by atoms with Crippen LogP contribution >= 0.6 is 0 Å². The molecule has 2 aromatic carbocycles. The van der Waals surface area contributed by atoms with Gasteiger partial charge in [-0.05, 0) is 48.9 Å². The number of aromatic hydroxyl groups is 1. The van der Waals surface area contributed by atoms with E-state index in [4.69, 9.17) is 18.6 Å². The zero-order chi connectivity index (χ0) is 29.7. The molecular formula is C28H32O13. The van der Waals surface area contributed by atoms with E-state index in [0.717, 1.165) is 6.07 Å². The van der Waals surface area contributed by atoms with Gasteiger partial charge in [-0.1, -0.05) is 0 Å². The Hall–Kier alpha value is -3.11. The molecule has 13 heteroatoms. The van der Waals surface area contributed by atoms with Crippen LogP contribution in [-0.4, -0.2) is 109 Å². The second kappa shape index (κ2) is 11.3. The summed E-state index contributed by atoms with van der Waals surface area (Å²) in [6, 6.07) is 10.3. The Morgan fingerprint density at radius 2 is 1.41 bits per heavy atom. The lowest BCUT2D eigenvalue weighted by Gasteiger charge is -2.47. The molecule has 1 aromatic heterocycles. The van der Waals surface area contributed by atoms with Crippen LogP contribution in [0.4, 0.5) is 0 Å². The summed E-state index contributed by atoms with van der Waals surface area (Å²) in [6.07, 6.45) is -17.9. The first-order valence-electron chi connectivity index (χ1n) is 13.0. The van der Waals surface area contributed by atoms with Crippen molar-refractivity contribution in [2.45, 2.75) is 74.1 Å². The third kappa shape index (κ3) is 5.20. The fourth-order valence-electron chi connectivity index (χ4n) is 5.37. The van der Waals surface area contributed by atoms with Gasteiger partial charge in [-0.2, -0.15) is 0 Å². The van der Waals surface area contributed by atoms with E-state index in [-0.39, 0.29) is 22.3 Å². The van der Waals surface area contributed by atoms with Gasteiger partial charge < -0.3 is 59.5 Å². The molecule has 0 bridgehead atoms. The molecule has 1 unspecified atom stereocenters. The minimum atomic E-state index is -1.86. The van der Waals surface area contributed by atoms with Crippen molar-refractivity contribution in [1.29, 1.82) is 0 Å². The second-order valence-corrected chi connectivity index (χ2v) is 10.4. The molecule has 2 aliphatic heterocycles. The average Bonchev–Trinajstić information content (AvgIpc) is 2.96. The number of benzene rings is 2. The molecule has 41 heavy (non-hydrogen) atoms. The van der Waals surface area contributed by atoms with Crippen molar-refractivity contribution >= 4 is 11.0 Å². The van der Waals surface area contributed by atoms with Crippen LogP contribution in [0.1, 0.15) is 18.6 Å². The van der Waals surface area contributed by atoms with Crippen LogP contribution in [0, 0.1) is 0 Å². The van der Waals surface area contributed by atoms with Crippen LogP contribution in [0.3, 0.4) is 0 Å². The molecule has 2 aliphatic rings. The molecule has 5 rings (SSSR count). The molecule has 11 atom stereocenters. The highest BCUT2D eigenvalue weighted by Gasteiger charge is 2.53. The van der Waals surface area contributed by atoms with Crippen molar-refractivity contribution in [2.24, 2.45) is 0 Å². The van der Waals surface area contributed by atoms with E-state index >= 15 is 0 Å². The van der Waals surface area contributed by atoms with Gasteiger partial charge in [-0.3, -0.25) is 4.79 Å². The Bertz CT molecular complexity index is 1440. The van der Waals surface area contributed by atoms with Crippen LogP contribution in [0.2, 0.25) is 0 Å². The van der Waals surface area contributed by atoms with E-state index in [2.05, 4.69) is 0 Å². The Balaban J connectivity index is 1.50. The molecule has 0 amide bonds. The number of phenolic OH excluding ortho intramolecular Hbond substituents is 1. The van der Waals surface area contributed by atoms with Crippen molar-refractivity contribution in [3.8, 4) is 22.8 Å². The first-order valence-corrected chi connectivity index (χ1v) is 13.0. The summed E-state index contributed by atoms with van der Waals surface area (Å²) >= 11 is 0. The lowest BCUT2D eigenvalue weighted by molar-refractivity contribution is -0.287. The molecule has 3 aromatic rings. The van der Waals surface area contributed by atoms with Gasteiger partial charge in [0.15, 0.2) is 5.43 Å². The molecule has 2 fully saturated rings. The fourth-order valence-corrected chi connectivity index (χ4v) is 5.37. The highest BCUT2D eigenvalue weighted by Crippen LogP contribution is 2.39. The van der Waals surface area contributed by atoms with Crippen LogP contribution in [0.5, 0.6) is 11.5 Å². The summed E-state index contributed by atoms with van der Waals surface area (Å²) in [4.78, 5) is 12.9. The van der Waals surface area contributed by atoms with E-state index in [9.17, 15) is 45.6 Å². The van der Waals surface area contributed by atoms with E-state index in [1.165, 1.54) is 26.2 Å². The van der Waals surface area contributed by atoms with Crippen molar-refractivity contribution < 1.29 is 59.5 Å². The first kappa shape index (κ1) is 29.4. The summed E-state index contributed by atoms with van der Waals surface area (Å²) in [7, 11) is 1.51. The minimum absolute atomic E-state index is 0.0367. The predicted octanol–water partition coefficient (Wildman–Crippen LogP) is -1.07. The Labute approximate surface area is 233 Å². The largest absolute Gasteiger partial charge is 0.507 e. The molecular weight excluding hydrogens is 544 g/mol. The van der Waals surface area contributed by atoms with Crippen LogP contribution in [0.15, 0.2) is 51.7 Å². The van der Waals surface area contributed by atoms with Crippen molar-refractivity contribution in [3.63, 3.8) is 0 Å². The van der Waals surface area contributed by atoms with E-state index < -0.39 is 78.3 Å². The average molecular weight is 577 g/mol. The third-order valence-corrected chi connectivity index (χ3v) is 7.75. The highest BCUT2D eigenvalue weighted by atomic mass is 16.6. The summed E-state index contributed by atoms with van der Waals surface area (Å²) in [5.41, 5.74) is -0.0374. The Morgan fingerprint density at radius 3 is 2.05 bits per heavy atom. The Kier molecular flexibility index (Phi) is 8.09. The Morgan fingerprint density at radius 1 is 0.805 bits per heavy atom. The number of ether oxygens (including phenoxy) is 3. The first-order chi connectivity index (χ1) is 19.4. The van der Waals surface area contributed by atoms with Gasteiger partial charge in [-0.15, -0.1) is 0 Å². The van der Waals surface area contributed by atoms with Gasteiger partial charge in [0, 0.05) is 11.6 Å². The van der Waals surface area contributed by atoms with Crippen molar-refractivity contribution in [1.82, 2.24) is 0 Å². The number of aliphatic hydroxyl groups excluding tert-OH is 7. The predicted molar refractivity (Wildman–Crippen MR) is 140 cm³/mol. The number of aliphatic hydroxyl groups is 7. The zero-order valence-corrected chi connectivity index (χ0v) is 22.0. The monoisotopic (exact) mass is 576 g/mol. The maximum atomic E-state index is 12.9. The molecule has 0 saturated carbocycles. The van der Waals surface area contributed by atoms with Crippen LogP contribution in [-0.2, 0) is 9.47 Å². The topological polar surface area (TPSA) is 220 Å². The lowest BCUT2D eigenvalue weighted by Crippen LogP contribution is -2.66. The number of phenols is 1. The highest BCUT2D eigenvalue weighted by molar-refractivity contribution is 5.85. The molecule has 222 valence electrons. The summed E-state index contributed by atoms with van der Waals surface area (Å²) < 4.78 is 22.3. The van der Waals surface area contributed by atoms with E-state index in [1.807, 2.05) is 0 Å². The number of hydrogen-bond acceptors (Lipinski definition) is 13. The molecule has 13 nitrogen and oxygen atoms in total. The number of methoxy groups -OCH3 is 1. The third-order valence-electron chi connectivity index (χ3n) is 7.75. The second-order valence-electron chi connectivity index (χ2n) is 10.4. The number of hydrogen-bond donors (Lipinski definition) is 8. The van der Waals surface area contributed by atoms with Crippen molar-refractivity contribution in [3.05, 3.63) is 58.3 Å². The van der Waals surface area contributed by atoms with E-state index in [0.29, 0.717) is 11.3 Å². The maximum Gasteiger partial charge on any atom is 0.197 e. The standard InChI is InChI=1S/C28H32O13/c1-10-19(31)20(32)23(35)27(39-10)25(37)28-24(36)21(33)22(34)26(41-28)12-7-14(29)18-15(30)9-16(40-17(18)8-12)11-3-5-13(38-2)6-4-11/h3-10,19-29,31-37H,1-2H3/t10-,19-,20+,21-,22-,23+,24+,25?,26+,27-,28+/m1/s1. The van der Waals surface area contributed by atoms with Crippen LogP contribution < -0.4 is 10.2 Å². The smallest absolute Gasteiger partial charge is 0.197 e. The molecule has 8 N–H and O–H groups in total. The SMILES string of the molecule is COc1ccc(-c2cc(=O)c3c(O)cc([C@@H]4O[C@H](C(O)[C@@H]5O[C@H](C)[C@@H](O)[C@H](O)[C@@H]5O)[C@@H](O)[C@H](O)[C@H]4O)cc3o2)cc1. The molecule has 2 saturated heterocycles. The lowest BCUT2D eigenvalue weighted by atomic mass is 9.84. The quantitative estimate of drug-likeness (QED) is 0.182. The van der Waals surface area contributed by atoms with Gasteiger partial charge in [0.25, 0.3) is 0 Å². The summed E-state index contributed by atoms with van der Waals surface area (Å²) in [5, 5.41) is 84.2. The molecule has 3 heterocycles. The molecule has 0 radical (unpaired) electrons. The molecule has 0 spiro atoms. The van der Waals surface area contributed by atoms with Gasteiger partial charge in [0.1, 0.15) is 89.3 Å². The van der Waals surface area contributed by atoms with Crippen molar-refractivity contribution in [2.75, 3.05) is 7.11 Å². The van der Waals surface area contributed by atoms with Gasteiger partial charge in [0.05, 0.1) is 13.2 Å². The maximum absolute atomic E-state index is 12.9. The summed E-state index contributed by atoms with van der Waals surface area (Å²) in [6.45, 7) is 1.41. The van der Waals surface area contributed by atoms with Gasteiger partial charge >= 0.3 is 0 Å². The van der Waals surface area contributed by atoms with Gasteiger partial charge in [-0.25, -0.2) is 0 Å². The summed E-state index contributed by atoms with van der Waals surface area (Å²) in [5.74, 6) is 0.260. The molecule has 0 aliphatic carbocycles.